The van der Waals surface area contributed by atoms with Gasteiger partial charge in [0.05, 0.1) is 5.25 Å². The highest BCUT2D eigenvalue weighted by Gasteiger charge is 2.27. The number of carbonyl (C=O) groups is 2. The maximum absolute atomic E-state index is 13.0. The number of β-lactam (4-membered cyclic amide) rings is 1. The molecule has 0 aromatic heterocycles. The number of nitrogens with zero attached hydrogens (tertiary/aromatic N) is 1. The van der Waals surface area contributed by atoms with Crippen LogP contribution in [0.3, 0.4) is 0 Å². The number of hydrogen-bond donors (Lipinski definition) is 1. The van der Waals surface area contributed by atoms with E-state index >= 15 is 0 Å². The molecule has 166 valence electrons. The van der Waals surface area contributed by atoms with Crippen molar-refractivity contribution in [3.8, 4) is 0 Å². The Morgan fingerprint density at radius 1 is 1.03 bits per heavy atom. The van der Waals surface area contributed by atoms with Crippen molar-refractivity contribution in [2.24, 2.45) is 0 Å². The zero-order valence-electron chi connectivity index (χ0n) is 17.6. The van der Waals surface area contributed by atoms with Crippen LogP contribution in [0.2, 0.25) is 0 Å². The van der Waals surface area contributed by atoms with Crippen LogP contribution in [0.25, 0.3) is 0 Å². The third-order valence-electron chi connectivity index (χ3n) is 5.52. The average Bonchev–Trinajstić information content (AvgIpc) is 2.77. The lowest BCUT2D eigenvalue weighted by molar-refractivity contribution is -0.143. The minimum atomic E-state index is -1.56. The molecule has 2 aromatic carbocycles. The van der Waals surface area contributed by atoms with Gasteiger partial charge in [0.15, 0.2) is 0 Å². The normalized spacial score (nSPS) is 15.3. The number of nitrogens with one attached hydrogen (secondary N) is 1. The molecule has 31 heavy (non-hydrogen) atoms. The number of hydrogen-bond acceptors (Lipinski definition) is 3. The maximum Gasteiger partial charge on any atom is 0.251 e. The van der Waals surface area contributed by atoms with Crippen molar-refractivity contribution in [1.82, 2.24) is 9.62 Å². The van der Waals surface area contributed by atoms with Gasteiger partial charge in [-0.05, 0) is 42.5 Å². The van der Waals surface area contributed by atoms with Crippen LogP contribution in [0.5, 0.6) is 0 Å². The number of rotatable bonds is 12. The van der Waals surface area contributed by atoms with Crippen molar-refractivity contribution in [3.63, 3.8) is 0 Å². The molecule has 2 amide bonds. The zero-order chi connectivity index (χ0) is 22.1. The van der Waals surface area contributed by atoms with E-state index in [1.54, 1.807) is 0 Å². The summed E-state index contributed by atoms with van der Waals surface area (Å²) in [6.45, 7) is 0.550. The Bertz CT molecular complexity index is 889. The smallest absolute Gasteiger partial charge is 0.251 e. The van der Waals surface area contributed by atoms with Crippen molar-refractivity contribution in [1.29, 1.82) is 0 Å². The highest BCUT2D eigenvalue weighted by atomic mass is 32.2. The van der Waals surface area contributed by atoms with Crippen molar-refractivity contribution in [2.45, 2.75) is 50.2 Å². The Labute approximate surface area is 185 Å². The summed E-state index contributed by atoms with van der Waals surface area (Å²) in [4.78, 5) is 25.0. The van der Waals surface area contributed by atoms with Gasteiger partial charge in [0.25, 0.3) is 5.91 Å². The van der Waals surface area contributed by atoms with Crippen LogP contribution < -0.4 is 4.72 Å². The topological polar surface area (TPSA) is 66.5 Å². The van der Waals surface area contributed by atoms with Crippen molar-refractivity contribution < 1.29 is 18.2 Å². The van der Waals surface area contributed by atoms with Gasteiger partial charge in [0.2, 0.25) is 5.91 Å². The highest BCUT2D eigenvalue weighted by molar-refractivity contribution is 7.83. The third-order valence-corrected chi connectivity index (χ3v) is 6.98. The quantitative estimate of drug-likeness (QED) is 0.396. The first-order valence-corrected chi connectivity index (χ1v) is 12.0. The molecular weight excluding hydrogens is 415 g/mol. The van der Waals surface area contributed by atoms with E-state index in [4.69, 9.17) is 0 Å². The fourth-order valence-electron chi connectivity index (χ4n) is 3.65. The average molecular weight is 445 g/mol. The molecule has 0 bridgehead atoms. The van der Waals surface area contributed by atoms with Crippen LogP contribution in [0.4, 0.5) is 4.39 Å². The summed E-state index contributed by atoms with van der Waals surface area (Å²) in [5.41, 5.74) is 2.07. The van der Waals surface area contributed by atoms with E-state index in [-0.39, 0.29) is 29.4 Å². The molecule has 1 aliphatic rings. The van der Waals surface area contributed by atoms with E-state index in [0.717, 1.165) is 43.2 Å². The molecule has 1 aliphatic heterocycles. The Hall–Kier alpha value is -2.54. The monoisotopic (exact) mass is 444 g/mol. The number of amides is 2. The van der Waals surface area contributed by atoms with Crippen molar-refractivity contribution in [3.05, 3.63) is 71.5 Å². The van der Waals surface area contributed by atoms with Gasteiger partial charge < -0.3 is 4.90 Å². The summed E-state index contributed by atoms with van der Waals surface area (Å²) in [6.07, 6.45) is 6.05. The van der Waals surface area contributed by atoms with Crippen LogP contribution in [-0.2, 0) is 27.0 Å². The van der Waals surface area contributed by atoms with Gasteiger partial charge >= 0.3 is 0 Å². The number of likely N-dealkylation sites (tertiary alicyclic amines) is 1. The molecule has 0 aliphatic carbocycles. The fourth-order valence-corrected chi connectivity index (χ4v) is 4.86. The SMILES string of the molecule is O=C(CN1CCC1=O)NS(=O)C(CCCCCCc1ccc(F)cc1)c1ccccc1. The zero-order valence-corrected chi connectivity index (χ0v) is 18.4. The van der Waals surface area contributed by atoms with Crippen molar-refractivity contribution in [2.75, 3.05) is 13.1 Å². The lowest BCUT2D eigenvalue weighted by Gasteiger charge is -2.29. The van der Waals surface area contributed by atoms with Crippen LogP contribution >= 0.6 is 0 Å². The number of halogens is 1. The molecule has 1 heterocycles. The molecule has 2 atom stereocenters. The summed E-state index contributed by atoms with van der Waals surface area (Å²) >= 11 is 0. The molecule has 0 saturated carbocycles. The Balaban J connectivity index is 1.45. The Kier molecular flexibility index (Phi) is 8.76. The Morgan fingerprint density at radius 3 is 2.39 bits per heavy atom. The molecule has 1 N–H and O–H groups in total. The van der Waals surface area contributed by atoms with E-state index in [1.165, 1.54) is 17.0 Å². The lowest BCUT2D eigenvalue weighted by Crippen LogP contribution is -2.49. The molecule has 7 heteroatoms. The first-order valence-electron chi connectivity index (χ1n) is 10.8. The molecule has 2 unspecified atom stereocenters. The Morgan fingerprint density at radius 2 is 1.74 bits per heavy atom. The van der Waals surface area contributed by atoms with Crippen LogP contribution in [-0.4, -0.2) is 34.0 Å². The van der Waals surface area contributed by atoms with Gasteiger partial charge in [0, 0.05) is 13.0 Å². The predicted octanol–water partition coefficient (Wildman–Crippen LogP) is 4.07. The molecular formula is C24H29FN2O3S. The summed E-state index contributed by atoms with van der Waals surface area (Å²) < 4.78 is 28.5. The molecule has 0 radical (unpaired) electrons. The first kappa shape index (κ1) is 23.1. The number of benzene rings is 2. The molecule has 0 spiro atoms. The van der Waals surface area contributed by atoms with Gasteiger partial charge in [0.1, 0.15) is 23.3 Å². The minimum Gasteiger partial charge on any atom is -0.333 e. The fraction of sp³-hybridized carbons (Fsp3) is 0.417. The second-order valence-corrected chi connectivity index (χ2v) is 9.23. The molecule has 2 aromatic rings. The minimum absolute atomic E-state index is 0.0323. The van der Waals surface area contributed by atoms with E-state index in [1.807, 2.05) is 42.5 Å². The van der Waals surface area contributed by atoms with E-state index in [0.29, 0.717) is 19.4 Å². The van der Waals surface area contributed by atoms with E-state index in [2.05, 4.69) is 4.72 Å². The van der Waals surface area contributed by atoms with Gasteiger partial charge in [-0.25, -0.2) is 8.60 Å². The molecule has 1 fully saturated rings. The summed E-state index contributed by atoms with van der Waals surface area (Å²) in [7, 11) is -1.56. The second-order valence-electron chi connectivity index (χ2n) is 7.87. The van der Waals surface area contributed by atoms with E-state index in [9.17, 15) is 18.2 Å². The second kappa shape index (κ2) is 11.7. The first-order chi connectivity index (χ1) is 15.0. The number of unbranched alkanes of at least 4 members (excludes halogenated alkanes) is 3. The van der Waals surface area contributed by atoms with Gasteiger partial charge in [-0.15, -0.1) is 0 Å². The summed E-state index contributed by atoms with van der Waals surface area (Å²) in [5, 5.41) is -0.283. The lowest BCUT2D eigenvalue weighted by atomic mass is 10.0. The molecule has 5 nitrogen and oxygen atoms in total. The molecule has 1 saturated heterocycles. The van der Waals surface area contributed by atoms with Crippen LogP contribution in [0.1, 0.15) is 54.9 Å². The highest BCUT2D eigenvalue weighted by Crippen LogP contribution is 2.25. The van der Waals surface area contributed by atoms with Crippen LogP contribution in [0.15, 0.2) is 54.6 Å². The maximum atomic E-state index is 13.0. The molecule has 3 rings (SSSR count). The largest absolute Gasteiger partial charge is 0.333 e. The number of carbonyl (C=O) groups excluding carboxylic acids is 2. The predicted molar refractivity (Wildman–Crippen MR) is 120 cm³/mol. The standard InChI is InChI=1S/C24H29FN2O3S/c25-21-14-12-19(13-15-21)8-4-1-2-7-11-22(20-9-5-3-6-10-20)31(30)26-23(28)18-27-17-16-24(27)29/h3,5-6,9-10,12-15,22H,1-2,4,7-8,11,16-18H2,(H,26,28). The summed E-state index contributed by atoms with van der Waals surface area (Å²) in [5.74, 6) is -0.639. The third kappa shape index (κ3) is 7.28. The van der Waals surface area contributed by atoms with Crippen molar-refractivity contribution >= 4 is 22.8 Å². The van der Waals surface area contributed by atoms with Gasteiger partial charge in [-0.2, -0.15) is 0 Å². The van der Waals surface area contributed by atoms with E-state index < -0.39 is 11.0 Å². The van der Waals surface area contributed by atoms with Crippen LogP contribution in [0, 0.1) is 5.82 Å². The summed E-state index contributed by atoms with van der Waals surface area (Å²) in [6, 6.07) is 16.2. The van der Waals surface area contributed by atoms with Gasteiger partial charge in [-0.1, -0.05) is 61.7 Å². The number of aryl methyl sites for hydroxylation is 1. The van der Waals surface area contributed by atoms with Gasteiger partial charge in [-0.3, -0.25) is 14.3 Å².